The van der Waals surface area contributed by atoms with Crippen LogP contribution < -0.4 is 4.90 Å². The fourth-order valence-electron chi connectivity index (χ4n) is 4.02. The van der Waals surface area contributed by atoms with E-state index in [1.165, 1.54) is 22.5 Å². The number of hydrogen-bond donors (Lipinski definition) is 0. The van der Waals surface area contributed by atoms with Crippen molar-refractivity contribution in [2.75, 3.05) is 18.0 Å². The van der Waals surface area contributed by atoms with Crippen molar-refractivity contribution in [1.29, 1.82) is 0 Å². The van der Waals surface area contributed by atoms with Crippen molar-refractivity contribution in [3.63, 3.8) is 0 Å². The molecule has 0 saturated heterocycles. The minimum absolute atomic E-state index is 0.0710. The van der Waals surface area contributed by atoms with Crippen molar-refractivity contribution in [3.8, 4) is 0 Å². The number of para-hydroxylation sites is 2. The van der Waals surface area contributed by atoms with Crippen molar-refractivity contribution >= 4 is 17.5 Å². The number of rotatable bonds is 1. The molecule has 0 radical (unpaired) electrons. The number of fused-ring (bicyclic) bond motifs is 2. The van der Waals surface area contributed by atoms with Gasteiger partial charge in [-0.15, -0.1) is 0 Å². The Balaban J connectivity index is 1.69. The molecule has 2 aliphatic heterocycles. The molecule has 28 heavy (non-hydrogen) atoms. The van der Waals surface area contributed by atoms with E-state index in [1.54, 1.807) is 4.90 Å². The van der Waals surface area contributed by atoms with Gasteiger partial charge in [-0.25, -0.2) is 4.79 Å². The SMILES string of the molecule is CC(C)(C)OC(=O)N1CC=C[C@@H](N2c3ccccc3CCc3ccccc32)C1. The van der Waals surface area contributed by atoms with Gasteiger partial charge in [0.2, 0.25) is 0 Å². The van der Waals surface area contributed by atoms with Crippen LogP contribution in [0.3, 0.4) is 0 Å². The molecule has 0 saturated carbocycles. The number of benzene rings is 2. The number of aryl methyl sites for hydroxylation is 2. The summed E-state index contributed by atoms with van der Waals surface area (Å²) in [6.07, 6.45) is 6.10. The molecule has 0 bridgehead atoms. The molecule has 0 spiro atoms. The van der Waals surface area contributed by atoms with E-state index in [2.05, 4.69) is 65.6 Å². The van der Waals surface area contributed by atoms with E-state index in [1.807, 2.05) is 20.8 Å². The molecule has 2 aromatic carbocycles. The average molecular weight is 377 g/mol. The van der Waals surface area contributed by atoms with Crippen molar-refractivity contribution in [2.45, 2.75) is 45.3 Å². The second-order valence-electron chi connectivity index (χ2n) is 8.51. The maximum atomic E-state index is 12.7. The number of carbonyl (C=O) groups excluding carboxylic acids is 1. The molecular formula is C24H28N2O2. The minimum atomic E-state index is -0.491. The summed E-state index contributed by atoms with van der Waals surface area (Å²) in [6, 6.07) is 17.3. The van der Waals surface area contributed by atoms with Crippen LogP contribution in [-0.2, 0) is 17.6 Å². The number of ether oxygens (including phenoxy) is 1. The van der Waals surface area contributed by atoms with Crippen molar-refractivity contribution < 1.29 is 9.53 Å². The first-order valence-electron chi connectivity index (χ1n) is 10.0. The Hall–Kier alpha value is -2.75. The maximum Gasteiger partial charge on any atom is 0.410 e. The molecule has 2 heterocycles. The van der Waals surface area contributed by atoms with Gasteiger partial charge in [0, 0.05) is 24.5 Å². The molecule has 2 aliphatic rings. The number of amides is 1. The normalized spacial score (nSPS) is 18.9. The largest absolute Gasteiger partial charge is 0.444 e. The fraction of sp³-hybridized carbons (Fsp3) is 0.375. The van der Waals surface area contributed by atoms with Crippen LogP contribution in [-0.4, -0.2) is 35.7 Å². The molecule has 4 rings (SSSR count). The number of anilines is 2. The summed E-state index contributed by atoms with van der Waals surface area (Å²) in [4.78, 5) is 16.8. The van der Waals surface area contributed by atoms with Crippen molar-refractivity contribution in [3.05, 3.63) is 71.8 Å². The molecule has 1 amide bonds. The van der Waals surface area contributed by atoms with Crippen LogP contribution in [0.4, 0.5) is 16.2 Å². The highest BCUT2D eigenvalue weighted by molar-refractivity contribution is 5.74. The first kappa shape index (κ1) is 18.6. The van der Waals surface area contributed by atoms with Gasteiger partial charge in [0.15, 0.2) is 0 Å². The van der Waals surface area contributed by atoms with Crippen molar-refractivity contribution in [1.82, 2.24) is 4.90 Å². The summed E-state index contributed by atoms with van der Waals surface area (Å²) in [7, 11) is 0. The second kappa shape index (κ2) is 7.34. The number of carbonyl (C=O) groups is 1. The van der Waals surface area contributed by atoms with Crippen LogP contribution in [0.5, 0.6) is 0 Å². The van der Waals surface area contributed by atoms with Gasteiger partial charge in [0.1, 0.15) is 5.60 Å². The van der Waals surface area contributed by atoms with E-state index in [-0.39, 0.29) is 12.1 Å². The highest BCUT2D eigenvalue weighted by atomic mass is 16.6. The molecule has 1 atom stereocenters. The molecule has 0 N–H and O–H groups in total. The highest BCUT2D eigenvalue weighted by Crippen LogP contribution is 2.38. The Morgan fingerprint density at radius 2 is 1.54 bits per heavy atom. The van der Waals surface area contributed by atoms with Gasteiger partial charge in [-0.1, -0.05) is 48.6 Å². The summed E-state index contributed by atoms with van der Waals surface area (Å²) in [5.41, 5.74) is 4.67. The zero-order valence-electron chi connectivity index (χ0n) is 16.9. The van der Waals surface area contributed by atoms with E-state index < -0.39 is 5.60 Å². The predicted molar refractivity (Wildman–Crippen MR) is 113 cm³/mol. The lowest BCUT2D eigenvalue weighted by atomic mass is 10.0. The summed E-state index contributed by atoms with van der Waals surface area (Å²) < 4.78 is 5.61. The Morgan fingerprint density at radius 1 is 0.964 bits per heavy atom. The average Bonchev–Trinajstić information content (AvgIpc) is 2.84. The van der Waals surface area contributed by atoms with Crippen LogP contribution in [0, 0.1) is 0 Å². The third-order valence-electron chi connectivity index (χ3n) is 5.24. The zero-order chi connectivity index (χ0) is 19.7. The molecule has 0 aromatic heterocycles. The molecule has 4 nitrogen and oxygen atoms in total. The molecule has 0 fully saturated rings. The van der Waals surface area contributed by atoms with Crippen LogP contribution in [0.1, 0.15) is 31.9 Å². The molecule has 0 aliphatic carbocycles. The Morgan fingerprint density at radius 3 is 2.11 bits per heavy atom. The van der Waals surface area contributed by atoms with E-state index in [0.29, 0.717) is 13.1 Å². The Labute approximate surface area is 167 Å². The monoisotopic (exact) mass is 376 g/mol. The summed E-state index contributed by atoms with van der Waals surface area (Å²) >= 11 is 0. The van der Waals surface area contributed by atoms with Gasteiger partial charge in [0.25, 0.3) is 0 Å². The third-order valence-corrected chi connectivity index (χ3v) is 5.24. The quantitative estimate of drug-likeness (QED) is 0.649. The smallest absolute Gasteiger partial charge is 0.410 e. The topological polar surface area (TPSA) is 32.8 Å². The van der Waals surface area contributed by atoms with E-state index in [9.17, 15) is 4.79 Å². The molecular weight excluding hydrogens is 348 g/mol. The van der Waals surface area contributed by atoms with Crippen LogP contribution in [0.15, 0.2) is 60.7 Å². The van der Waals surface area contributed by atoms with E-state index in [0.717, 1.165) is 12.8 Å². The van der Waals surface area contributed by atoms with Gasteiger partial charge in [-0.05, 0) is 56.9 Å². The van der Waals surface area contributed by atoms with Crippen molar-refractivity contribution in [2.24, 2.45) is 0 Å². The summed E-state index contributed by atoms with van der Waals surface area (Å²) in [6.45, 7) is 6.91. The molecule has 2 aromatic rings. The lowest BCUT2D eigenvalue weighted by Crippen LogP contribution is -2.47. The lowest BCUT2D eigenvalue weighted by molar-refractivity contribution is 0.0260. The Kier molecular flexibility index (Phi) is 4.88. The first-order chi connectivity index (χ1) is 13.4. The van der Waals surface area contributed by atoms with Gasteiger partial charge in [-0.2, -0.15) is 0 Å². The minimum Gasteiger partial charge on any atom is -0.444 e. The third kappa shape index (κ3) is 3.77. The van der Waals surface area contributed by atoms with Gasteiger partial charge < -0.3 is 14.5 Å². The highest BCUT2D eigenvalue weighted by Gasteiger charge is 2.31. The van der Waals surface area contributed by atoms with Crippen LogP contribution in [0.25, 0.3) is 0 Å². The standard InChI is InChI=1S/C24H28N2O2/c1-24(2,3)28-23(27)25-16-8-11-20(17-25)26-21-12-6-4-9-18(21)14-15-19-10-5-7-13-22(19)26/h4-13,20H,14-17H2,1-3H3/t20-/m1/s1. The fourth-order valence-corrected chi connectivity index (χ4v) is 4.02. The first-order valence-corrected chi connectivity index (χ1v) is 10.0. The summed E-state index contributed by atoms with van der Waals surface area (Å²) in [5, 5.41) is 0. The van der Waals surface area contributed by atoms with Gasteiger partial charge >= 0.3 is 6.09 Å². The molecule has 0 unspecified atom stereocenters. The zero-order valence-corrected chi connectivity index (χ0v) is 16.9. The van der Waals surface area contributed by atoms with Crippen LogP contribution in [0.2, 0.25) is 0 Å². The van der Waals surface area contributed by atoms with E-state index >= 15 is 0 Å². The maximum absolute atomic E-state index is 12.7. The summed E-state index contributed by atoms with van der Waals surface area (Å²) in [5.74, 6) is 0. The predicted octanol–water partition coefficient (Wildman–Crippen LogP) is 5.10. The van der Waals surface area contributed by atoms with Crippen LogP contribution >= 0.6 is 0 Å². The van der Waals surface area contributed by atoms with Gasteiger partial charge in [-0.3, -0.25) is 0 Å². The van der Waals surface area contributed by atoms with E-state index in [4.69, 9.17) is 4.74 Å². The van der Waals surface area contributed by atoms with Gasteiger partial charge in [0.05, 0.1) is 6.04 Å². The number of hydrogen-bond acceptors (Lipinski definition) is 3. The second-order valence-corrected chi connectivity index (χ2v) is 8.51. The number of nitrogens with zero attached hydrogens (tertiary/aromatic N) is 2. The molecule has 146 valence electrons. The lowest BCUT2D eigenvalue weighted by Gasteiger charge is -2.38. The Bertz CT molecular complexity index is 850. The molecule has 4 heteroatoms.